The Hall–Kier alpha value is -2.04. The van der Waals surface area contributed by atoms with Crippen LogP contribution in [-0.4, -0.2) is 38.0 Å². The maximum atomic E-state index is 12.5. The number of benzene rings is 1. The van der Waals surface area contributed by atoms with Gasteiger partial charge in [-0.1, -0.05) is 6.92 Å². The fourth-order valence-electron chi connectivity index (χ4n) is 4.06. The van der Waals surface area contributed by atoms with E-state index in [0.29, 0.717) is 23.8 Å². The molecule has 2 aliphatic rings. The molecule has 1 heterocycles. The highest BCUT2D eigenvalue weighted by atomic mass is 16.2. The van der Waals surface area contributed by atoms with Gasteiger partial charge in [-0.3, -0.25) is 9.59 Å². The second kappa shape index (κ2) is 6.83. The van der Waals surface area contributed by atoms with Gasteiger partial charge in [0.15, 0.2) is 0 Å². The average Bonchev–Trinajstić information content (AvgIpc) is 2.54. The van der Waals surface area contributed by atoms with Gasteiger partial charge in [0.1, 0.15) is 0 Å². The summed E-state index contributed by atoms with van der Waals surface area (Å²) >= 11 is 0. The van der Waals surface area contributed by atoms with Crippen LogP contribution in [0.4, 0.5) is 5.69 Å². The summed E-state index contributed by atoms with van der Waals surface area (Å²) in [5.41, 5.74) is 1.76. The number of carbonyl (C=O) groups excluding carboxylic acids is 2. The van der Waals surface area contributed by atoms with Gasteiger partial charge in [0.05, 0.1) is 0 Å². The first-order valence-corrected chi connectivity index (χ1v) is 8.81. The lowest BCUT2D eigenvalue weighted by molar-refractivity contribution is -0.126. The Morgan fingerprint density at radius 3 is 2.58 bits per heavy atom. The van der Waals surface area contributed by atoms with Crippen molar-refractivity contribution in [1.82, 2.24) is 10.6 Å². The first-order chi connectivity index (χ1) is 11.4. The average molecular weight is 329 g/mol. The zero-order chi connectivity index (χ0) is 17.3. The van der Waals surface area contributed by atoms with Crippen LogP contribution >= 0.6 is 0 Å². The quantitative estimate of drug-likeness (QED) is 0.893. The zero-order valence-corrected chi connectivity index (χ0v) is 14.7. The Balaban J connectivity index is 1.60. The van der Waals surface area contributed by atoms with Crippen molar-refractivity contribution in [2.45, 2.75) is 44.7 Å². The number of hydrogen-bond acceptors (Lipinski definition) is 3. The minimum atomic E-state index is -0.0288. The molecule has 0 bridgehead atoms. The molecule has 1 saturated heterocycles. The van der Waals surface area contributed by atoms with Crippen molar-refractivity contribution in [3.63, 3.8) is 0 Å². The van der Waals surface area contributed by atoms with Gasteiger partial charge in [-0.25, -0.2) is 0 Å². The highest BCUT2D eigenvalue weighted by molar-refractivity contribution is 5.94. The second-order valence-electron chi connectivity index (χ2n) is 7.44. The fraction of sp³-hybridized carbons (Fsp3) is 0.579. The van der Waals surface area contributed by atoms with E-state index in [1.54, 1.807) is 0 Å². The molecule has 0 radical (unpaired) electrons. The van der Waals surface area contributed by atoms with Crippen LogP contribution in [-0.2, 0) is 4.79 Å². The molecule has 2 N–H and O–H groups in total. The van der Waals surface area contributed by atoms with Crippen molar-refractivity contribution in [3.8, 4) is 0 Å². The third-order valence-corrected chi connectivity index (χ3v) is 5.47. The van der Waals surface area contributed by atoms with Gasteiger partial charge in [0, 0.05) is 43.9 Å². The van der Waals surface area contributed by atoms with Crippen LogP contribution in [0, 0.1) is 11.8 Å². The highest BCUT2D eigenvalue weighted by Crippen LogP contribution is 2.35. The SMILES string of the molecule is CC1CC(=O)NC2CC(NC(=O)c3ccc(N(C)C)cc3)CCC12. The number of amides is 2. The van der Waals surface area contributed by atoms with E-state index in [-0.39, 0.29) is 23.9 Å². The first kappa shape index (κ1) is 16.8. The van der Waals surface area contributed by atoms with Crippen LogP contribution in [0.15, 0.2) is 24.3 Å². The molecule has 0 spiro atoms. The molecular formula is C19H27N3O2. The van der Waals surface area contributed by atoms with E-state index >= 15 is 0 Å². The van der Waals surface area contributed by atoms with Crippen LogP contribution < -0.4 is 15.5 Å². The van der Waals surface area contributed by atoms with E-state index < -0.39 is 0 Å². The number of nitrogens with zero attached hydrogens (tertiary/aromatic N) is 1. The molecule has 1 aliphatic heterocycles. The van der Waals surface area contributed by atoms with E-state index in [9.17, 15) is 9.59 Å². The number of nitrogens with one attached hydrogen (secondary N) is 2. The smallest absolute Gasteiger partial charge is 0.251 e. The van der Waals surface area contributed by atoms with E-state index in [2.05, 4.69) is 17.6 Å². The van der Waals surface area contributed by atoms with Gasteiger partial charge in [-0.15, -0.1) is 0 Å². The van der Waals surface area contributed by atoms with Gasteiger partial charge in [0.2, 0.25) is 5.91 Å². The van der Waals surface area contributed by atoms with Crippen LogP contribution in [0.25, 0.3) is 0 Å². The number of fused-ring (bicyclic) bond motifs is 1. The molecule has 5 heteroatoms. The Morgan fingerprint density at radius 1 is 1.21 bits per heavy atom. The molecule has 5 nitrogen and oxygen atoms in total. The number of piperidine rings is 1. The third kappa shape index (κ3) is 3.55. The Kier molecular flexibility index (Phi) is 4.78. The lowest BCUT2D eigenvalue weighted by Crippen LogP contribution is -2.54. The van der Waals surface area contributed by atoms with Crippen LogP contribution in [0.2, 0.25) is 0 Å². The largest absolute Gasteiger partial charge is 0.378 e. The van der Waals surface area contributed by atoms with Gasteiger partial charge in [-0.05, 0) is 55.4 Å². The van der Waals surface area contributed by atoms with E-state index in [1.165, 1.54) is 0 Å². The Labute approximate surface area is 143 Å². The summed E-state index contributed by atoms with van der Waals surface area (Å²) in [6, 6.07) is 7.97. The van der Waals surface area contributed by atoms with E-state index in [1.807, 2.05) is 43.3 Å². The van der Waals surface area contributed by atoms with Crippen LogP contribution in [0.3, 0.4) is 0 Å². The summed E-state index contributed by atoms with van der Waals surface area (Å²) in [4.78, 5) is 26.2. The molecule has 2 amide bonds. The summed E-state index contributed by atoms with van der Waals surface area (Å²) in [5.74, 6) is 1.11. The number of hydrogen-bond donors (Lipinski definition) is 2. The van der Waals surface area contributed by atoms with Crippen molar-refractivity contribution in [2.24, 2.45) is 11.8 Å². The lowest BCUT2D eigenvalue weighted by Gasteiger charge is -2.43. The molecule has 130 valence electrons. The van der Waals surface area contributed by atoms with Crippen molar-refractivity contribution in [3.05, 3.63) is 29.8 Å². The summed E-state index contributed by atoms with van der Waals surface area (Å²) in [6.07, 6.45) is 3.53. The normalized spacial score (nSPS) is 29.4. The maximum absolute atomic E-state index is 12.5. The summed E-state index contributed by atoms with van der Waals surface area (Å²) in [6.45, 7) is 2.17. The molecule has 2 fully saturated rings. The molecule has 1 aliphatic carbocycles. The minimum Gasteiger partial charge on any atom is -0.378 e. The monoisotopic (exact) mass is 329 g/mol. The Bertz CT molecular complexity index is 612. The molecule has 1 aromatic carbocycles. The van der Waals surface area contributed by atoms with Gasteiger partial charge in [-0.2, -0.15) is 0 Å². The molecule has 24 heavy (non-hydrogen) atoms. The number of anilines is 1. The zero-order valence-electron chi connectivity index (χ0n) is 14.7. The van der Waals surface area contributed by atoms with Gasteiger partial charge < -0.3 is 15.5 Å². The van der Waals surface area contributed by atoms with Crippen molar-refractivity contribution < 1.29 is 9.59 Å². The maximum Gasteiger partial charge on any atom is 0.251 e. The predicted molar refractivity (Wildman–Crippen MR) is 95.1 cm³/mol. The van der Waals surface area contributed by atoms with Crippen molar-refractivity contribution in [2.75, 3.05) is 19.0 Å². The second-order valence-corrected chi connectivity index (χ2v) is 7.44. The standard InChI is InChI=1S/C19H27N3O2/c1-12-10-18(23)21-17-11-14(6-9-16(12)17)20-19(24)13-4-7-15(8-5-13)22(2)3/h4-5,7-8,12,14,16-17H,6,9-11H2,1-3H3,(H,20,24)(H,21,23). The Morgan fingerprint density at radius 2 is 1.92 bits per heavy atom. The number of carbonyl (C=O) groups is 2. The predicted octanol–water partition coefficient (Wildman–Crippen LogP) is 2.18. The van der Waals surface area contributed by atoms with Gasteiger partial charge in [0.25, 0.3) is 5.91 Å². The van der Waals surface area contributed by atoms with E-state index in [4.69, 9.17) is 0 Å². The molecule has 4 atom stereocenters. The molecule has 3 rings (SSSR count). The summed E-state index contributed by atoms with van der Waals surface area (Å²) < 4.78 is 0. The van der Waals surface area contributed by atoms with E-state index in [0.717, 1.165) is 24.9 Å². The minimum absolute atomic E-state index is 0.0288. The molecule has 1 aromatic rings. The first-order valence-electron chi connectivity index (χ1n) is 8.81. The number of rotatable bonds is 3. The molecular weight excluding hydrogens is 302 g/mol. The van der Waals surface area contributed by atoms with Crippen LogP contribution in [0.5, 0.6) is 0 Å². The molecule has 0 aromatic heterocycles. The summed E-state index contributed by atoms with van der Waals surface area (Å²) in [5, 5.41) is 6.26. The fourth-order valence-corrected chi connectivity index (χ4v) is 4.06. The topological polar surface area (TPSA) is 61.4 Å². The lowest BCUT2D eigenvalue weighted by atomic mass is 9.72. The molecule has 4 unspecified atom stereocenters. The highest BCUT2D eigenvalue weighted by Gasteiger charge is 2.39. The van der Waals surface area contributed by atoms with Crippen LogP contribution in [0.1, 0.15) is 43.0 Å². The third-order valence-electron chi connectivity index (χ3n) is 5.47. The molecule has 1 saturated carbocycles. The van der Waals surface area contributed by atoms with Crippen molar-refractivity contribution >= 4 is 17.5 Å². The van der Waals surface area contributed by atoms with Crippen molar-refractivity contribution in [1.29, 1.82) is 0 Å². The van der Waals surface area contributed by atoms with Gasteiger partial charge >= 0.3 is 0 Å². The summed E-state index contributed by atoms with van der Waals surface area (Å²) in [7, 11) is 3.96.